The number of quaternary nitrogens is 1. The van der Waals surface area contributed by atoms with Gasteiger partial charge in [0.1, 0.15) is 17.5 Å². The van der Waals surface area contributed by atoms with Crippen LogP contribution in [0.2, 0.25) is 0 Å². The minimum atomic E-state index is -0.0253. The fourth-order valence-electron chi connectivity index (χ4n) is 4.00. The number of nitrogens with one attached hydrogen (secondary N) is 2. The Morgan fingerprint density at radius 1 is 1.14 bits per heavy atom. The number of hydrogen-bond acceptors (Lipinski definition) is 5. The molecule has 1 fully saturated rings. The smallest absolute Gasteiger partial charge is 0.279 e. The summed E-state index contributed by atoms with van der Waals surface area (Å²) in [6, 6.07) is 11.5. The molecule has 1 amide bonds. The van der Waals surface area contributed by atoms with E-state index in [4.69, 9.17) is 18.9 Å². The monoisotopic (exact) mass is 385 g/mol. The molecule has 0 radical (unpaired) electrons. The first kappa shape index (κ1) is 18.4. The topological polar surface area (TPSA) is 70.5 Å². The van der Waals surface area contributed by atoms with Gasteiger partial charge in [0.2, 0.25) is 6.79 Å². The first-order valence-electron chi connectivity index (χ1n) is 9.44. The Kier molecular flexibility index (Phi) is 5.25. The predicted molar refractivity (Wildman–Crippen MR) is 103 cm³/mol. The molecule has 0 saturated carbocycles. The number of anilines is 1. The summed E-state index contributed by atoms with van der Waals surface area (Å²) in [6.45, 7) is 1.55. The van der Waals surface area contributed by atoms with Crippen molar-refractivity contribution in [2.24, 2.45) is 0 Å². The van der Waals surface area contributed by atoms with Gasteiger partial charge in [-0.05, 0) is 30.3 Å². The molecule has 2 atom stereocenters. The van der Waals surface area contributed by atoms with E-state index >= 15 is 0 Å². The van der Waals surface area contributed by atoms with Gasteiger partial charge in [-0.15, -0.1) is 0 Å². The molecule has 7 nitrogen and oxygen atoms in total. The van der Waals surface area contributed by atoms with E-state index in [9.17, 15) is 4.79 Å². The molecule has 2 aliphatic rings. The van der Waals surface area contributed by atoms with Crippen molar-refractivity contribution in [1.82, 2.24) is 0 Å². The lowest BCUT2D eigenvalue weighted by Crippen LogP contribution is -3.11. The first-order valence-corrected chi connectivity index (χ1v) is 9.44. The van der Waals surface area contributed by atoms with Crippen molar-refractivity contribution < 1.29 is 28.6 Å². The van der Waals surface area contributed by atoms with Crippen molar-refractivity contribution in [3.05, 3.63) is 42.0 Å². The molecular weight excluding hydrogens is 360 g/mol. The zero-order valence-electron chi connectivity index (χ0n) is 16.1. The number of ether oxygens (including phenoxy) is 4. The molecule has 0 spiro atoms. The van der Waals surface area contributed by atoms with Crippen LogP contribution in [0.4, 0.5) is 5.69 Å². The van der Waals surface area contributed by atoms with E-state index in [-0.39, 0.29) is 18.7 Å². The van der Waals surface area contributed by atoms with Crippen molar-refractivity contribution in [3.63, 3.8) is 0 Å². The van der Waals surface area contributed by atoms with E-state index in [0.717, 1.165) is 36.4 Å². The summed E-state index contributed by atoms with van der Waals surface area (Å²) in [5.41, 5.74) is 1.80. The molecule has 4 rings (SSSR count). The van der Waals surface area contributed by atoms with E-state index in [1.807, 2.05) is 30.3 Å². The maximum absolute atomic E-state index is 12.7. The van der Waals surface area contributed by atoms with Crippen LogP contribution in [0.1, 0.15) is 24.4 Å². The minimum Gasteiger partial charge on any atom is -0.497 e. The van der Waals surface area contributed by atoms with E-state index in [0.29, 0.717) is 23.7 Å². The maximum Gasteiger partial charge on any atom is 0.279 e. The molecular formula is C21H25N2O5+. The van der Waals surface area contributed by atoms with Crippen molar-refractivity contribution >= 4 is 11.6 Å². The largest absolute Gasteiger partial charge is 0.497 e. The normalized spacial score (nSPS) is 20.1. The quantitative estimate of drug-likeness (QED) is 0.794. The molecule has 2 heterocycles. The van der Waals surface area contributed by atoms with Gasteiger partial charge >= 0.3 is 0 Å². The third kappa shape index (κ3) is 3.71. The second-order valence-electron chi connectivity index (χ2n) is 7.00. The van der Waals surface area contributed by atoms with Gasteiger partial charge < -0.3 is 29.2 Å². The first-order chi connectivity index (χ1) is 13.7. The number of methoxy groups -OCH3 is 2. The van der Waals surface area contributed by atoms with E-state index in [1.54, 1.807) is 20.3 Å². The minimum absolute atomic E-state index is 0.0253. The summed E-state index contributed by atoms with van der Waals surface area (Å²) in [6.07, 6.45) is 2.08. The molecule has 2 aromatic carbocycles. The number of fused-ring (bicyclic) bond motifs is 1. The van der Waals surface area contributed by atoms with Gasteiger partial charge in [0.05, 0.1) is 26.3 Å². The van der Waals surface area contributed by atoms with Crippen LogP contribution >= 0.6 is 0 Å². The average Bonchev–Trinajstić information content (AvgIpc) is 3.36. The summed E-state index contributed by atoms with van der Waals surface area (Å²) >= 11 is 0. The summed E-state index contributed by atoms with van der Waals surface area (Å²) in [4.78, 5) is 13.9. The van der Waals surface area contributed by atoms with Gasteiger partial charge in [-0.25, -0.2) is 0 Å². The number of benzene rings is 2. The fraction of sp³-hybridized carbons (Fsp3) is 0.381. The molecule has 2 N–H and O–H groups in total. The van der Waals surface area contributed by atoms with Crippen molar-refractivity contribution in [2.75, 3.05) is 39.4 Å². The number of hydrogen-bond donors (Lipinski definition) is 2. The molecule has 7 heteroatoms. The lowest BCUT2D eigenvalue weighted by Gasteiger charge is -2.23. The predicted octanol–water partition coefficient (Wildman–Crippen LogP) is 1.79. The van der Waals surface area contributed by atoms with Crippen LogP contribution in [0.25, 0.3) is 0 Å². The van der Waals surface area contributed by atoms with Gasteiger partial charge in [0, 0.05) is 24.6 Å². The molecule has 0 bridgehead atoms. The third-order valence-corrected chi connectivity index (χ3v) is 5.34. The Labute approximate surface area is 164 Å². The van der Waals surface area contributed by atoms with Gasteiger partial charge in [0.15, 0.2) is 18.0 Å². The molecule has 0 aromatic heterocycles. The van der Waals surface area contributed by atoms with E-state index in [1.165, 1.54) is 4.90 Å². The number of carbonyl (C=O) groups excluding carboxylic acids is 1. The van der Waals surface area contributed by atoms with Crippen molar-refractivity contribution in [2.45, 2.75) is 18.9 Å². The summed E-state index contributed by atoms with van der Waals surface area (Å²) in [5.74, 6) is 2.97. The van der Waals surface area contributed by atoms with Gasteiger partial charge in [-0.1, -0.05) is 0 Å². The molecule has 148 valence electrons. The van der Waals surface area contributed by atoms with Crippen LogP contribution < -0.4 is 29.2 Å². The van der Waals surface area contributed by atoms with Crippen LogP contribution in [-0.4, -0.2) is 40.0 Å². The van der Waals surface area contributed by atoms with Crippen LogP contribution in [-0.2, 0) is 4.79 Å². The number of carbonyl (C=O) groups is 1. The summed E-state index contributed by atoms with van der Waals surface area (Å²) in [5, 5.41) is 2.97. The summed E-state index contributed by atoms with van der Waals surface area (Å²) < 4.78 is 21.6. The second-order valence-corrected chi connectivity index (χ2v) is 7.00. The molecule has 1 saturated heterocycles. The van der Waals surface area contributed by atoms with Crippen molar-refractivity contribution in [3.8, 4) is 23.0 Å². The Hall–Kier alpha value is -2.93. The maximum atomic E-state index is 12.7. The molecule has 2 aliphatic heterocycles. The highest BCUT2D eigenvalue weighted by Crippen LogP contribution is 2.34. The highest BCUT2D eigenvalue weighted by Gasteiger charge is 2.34. The standard InChI is InChI=1S/C21H24N2O5/c1-25-15-6-8-18(26-2)16(11-15)17-4-3-9-23(17)12-21(24)22-14-5-7-19-20(10-14)28-13-27-19/h5-8,10-11,17H,3-4,9,12-13H2,1-2H3,(H,22,24)/p+1/t17-/m0/s1. The third-order valence-electron chi connectivity index (χ3n) is 5.34. The van der Waals surface area contributed by atoms with Crippen LogP contribution in [0.5, 0.6) is 23.0 Å². The van der Waals surface area contributed by atoms with E-state index < -0.39 is 0 Å². The molecule has 2 aromatic rings. The SMILES string of the molecule is COc1ccc(OC)c([C@@H]2CCC[NH+]2CC(=O)Nc2ccc3c(c2)OCO3)c1. The number of amides is 1. The average molecular weight is 385 g/mol. The highest BCUT2D eigenvalue weighted by atomic mass is 16.7. The Morgan fingerprint density at radius 3 is 2.82 bits per heavy atom. The fourth-order valence-corrected chi connectivity index (χ4v) is 4.00. The molecule has 0 aliphatic carbocycles. The number of likely N-dealkylation sites (tertiary alicyclic amines) is 1. The van der Waals surface area contributed by atoms with Crippen molar-refractivity contribution in [1.29, 1.82) is 0 Å². The Morgan fingerprint density at radius 2 is 2.00 bits per heavy atom. The molecule has 1 unspecified atom stereocenters. The van der Waals surface area contributed by atoms with Gasteiger partial charge in [-0.2, -0.15) is 0 Å². The van der Waals surface area contributed by atoms with Gasteiger partial charge in [-0.3, -0.25) is 4.79 Å². The second kappa shape index (κ2) is 7.98. The molecule has 28 heavy (non-hydrogen) atoms. The Balaban J connectivity index is 1.46. The zero-order valence-corrected chi connectivity index (χ0v) is 16.1. The van der Waals surface area contributed by atoms with Crippen LogP contribution in [0.3, 0.4) is 0 Å². The summed E-state index contributed by atoms with van der Waals surface area (Å²) in [7, 11) is 3.33. The zero-order chi connectivity index (χ0) is 19.5. The number of rotatable bonds is 6. The Bertz CT molecular complexity index is 870. The van der Waals surface area contributed by atoms with Gasteiger partial charge in [0.25, 0.3) is 5.91 Å². The lowest BCUT2D eigenvalue weighted by molar-refractivity contribution is -0.910. The van der Waals surface area contributed by atoms with Crippen LogP contribution in [0.15, 0.2) is 36.4 Å². The highest BCUT2D eigenvalue weighted by molar-refractivity contribution is 5.91. The lowest BCUT2D eigenvalue weighted by atomic mass is 10.0. The van der Waals surface area contributed by atoms with E-state index in [2.05, 4.69) is 5.32 Å². The van der Waals surface area contributed by atoms with Crippen LogP contribution in [0, 0.1) is 0 Å².